The molecule has 2 rings (SSSR count). The molecule has 1 atom stereocenters. The van der Waals surface area contributed by atoms with Gasteiger partial charge in [0.2, 0.25) is 0 Å². The van der Waals surface area contributed by atoms with Gasteiger partial charge in [-0.3, -0.25) is 0 Å². The van der Waals surface area contributed by atoms with Crippen LogP contribution in [0.3, 0.4) is 0 Å². The average molecular weight is 291 g/mol. The Hall–Kier alpha value is -0.750. The molecule has 0 spiro atoms. The first kappa shape index (κ1) is 15.6. The van der Waals surface area contributed by atoms with E-state index in [0.717, 1.165) is 22.8 Å². The fraction of sp³-hybridized carbons (Fsp3) is 0.579. The van der Waals surface area contributed by atoms with Gasteiger partial charge in [0.1, 0.15) is 0 Å². The van der Waals surface area contributed by atoms with Gasteiger partial charge in [0.15, 0.2) is 0 Å². The van der Waals surface area contributed by atoms with Crippen LogP contribution in [0.1, 0.15) is 51.0 Å². The van der Waals surface area contributed by atoms with Crippen LogP contribution in [0.2, 0.25) is 5.02 Å². The van der Waals surface area contributed by atoms with Gasteiger partial charge in [0.25, 0.3) is 0 Å². The second kappa shape index (κ2) is 7.88. The van der Waals surface area contributed by atoms with E-state index in [1.807, 2.05) is 12.1 Å². The smallest absolute Gasteiger partial charge is 0.0406 e. The molecular weight excluding hydrogens is 264 g/mol. The van der Waals surface area contributed by atoms with Crippen molar-refractivity contribution in [1.82, 2.24) is 0 Å². The molecule has 0 amide bonds. The summed E-state index contributed by atoms with van der Waals surface area (Å²) < 4.78 is 0. The van der Waals surface area contributed by atoms with Gasteiger partial charge in [-0.1, -0.05) is 49.6 Å². The lowest BCUT2D eigenvalue weighted by molar-refractivity contribution is 0.208. The maximum Gasteiger partial charge on any atom is 0.0406 e. The van der Waals surface area contributed by atoms with Gasteiger partial charge < -0.3 is 0 Å². The molecule has 1 aromatic carbocycles. The molecule has 0 heterocycles. The van der Waals surface area contributed by atoms with Crippen LogP contribution in [0.15, 0.2) is 36.9 Å². The molecule has 1 aliphatic rings. The van der Waals surface area contributed by atoms with Crippen LogP contribution in [-0.4, -0.2) is 0 Å². The lowest BCUT2D eigenvalue weighted by Gasteiger charge is -2.32. The van der Waals surface area contributed by atoms with Gasteiger partial charge in [-0.25, -0.2) is 0 Å². The van der Waals surface area contributed by atoms with Crippen molar-refractivity contribution in [2.45, 2.75) is 51.9 Å². The maximum atomic E-state index is 5.92. The summed E-state index contributed by atoms with van der Waals surface area (Å²) in [5.41, 5.74) is 1.43. The van der Waals surface area contributed by atoms with Crippen molar-refractivity contribution in [3.8, 4) is 0 Å². The fourth-order valence-corrected chi connectivity index (χ4v) is 3.65. The predicted octanol–water partition coefficient (Wildman–Crippen LogP) is 6.29. The van der Waals surface area contributed by atoms with Crippen molar-refractivity contribution >= 4 is 11.6 Å². The van der Waals surface area contributed by atoms with E-state index >= 15 is 0 Å². The van der Waals surface area contributed by atoms with Gasteiger partial charge in [-0.15, -0.1) is 6.58 Å². The van der Waals surface area contributed by atoms with Crippen molar-refractivity contribution in [2.75, 3.05) is 0 Å². The highest BCUT2D eigenvalue weighted by Crippen LogP contribution is 2.36. The zero-order valence-corrected chi connectivity index (χ0v) is 13.4. The summed E-state index contributed by atoms with van der Waals surface area (Å²) in [7, 11) is 0. The molecule has 110 valence electrons. The lowest BCUT2D eigenvalue weighted by atomic mass is 9.74. The van der Waals surface area contributed by atoms with Gasteiger partial charge in [0, 0.05) is 5.02 Å². The molecule has 1 aliphatic carbocycles. The number of aryl methyl sites for hydroxylation is 1. The number of rotatable bonds is 6. The molecule has 1 aromatic rings. The van der Waals surface area contributed by atoms with E-state index in [1.54, 1.807) is 0 Å². The maximum absolute atomic E-state index is 5.92. The minimum atomic E-state index is 0.824. The Labute approximate surface area is 129 Å². The van der Waals surface area contributed by atoms with Crippen molar-refractivity contribution in [2.24, 2.45) is 17.8 Å². The second-order valence-corrected chi connectivity index (χ2v) is 6.88. The van der Waals surface area contributed by atoms with E-state index in [0.29, 0.717) is 0 Å². The van der Waals surface area contributed by atoms with Crippen LogP contribution in [0.4, 0.5) is 0 Å². The fourth-order valence-electron chi connectivity index (χ4n) is 3.52. The minimum absolute atomic E-state index is 0.824. The normalized spacial score (nSPS) is 24.3. The molecule has 0 bridgehead atoms. The molecule has 1 unspecified atom stereocenters. The Bertz CT molecular complexity index is 398. The summed E-state index contributed by atoms with van der Waals surface area (Å²) in [6.45, 7) is 6.26. The predicted molar refractivity (Wildman–Crippen MR) is 89.2 cm³/mol. The molecular formula is C19H27Cl. The number of benzene rings is 1. The van der Waals surface area contributed by atoms with Crippen LogP contribution in [-0.2, 0) is 6.42 Å². The molecule has 0 N–H and O–H groups in total. The molecule has 0 saturated heterocycles. The van der Waals surface area contributed by atoms with Crippen LogP contribution >= 0.6 is 11.6 Å². The largest absolute Gasteiger partial charge is 0.103 e. The number of allylic oxidation sites excluding steroid dienone is 1. The first-order chi connectivity index (χ1) is 9.69. The Kier molecular flexibility index (Phi) is 6.16. The first-order valence-corrected chi connectivity index (χ1v) is 8.42. The monoisotopic (exact) mass is 290 g/mol. The van der Waals surface area contributed by atoms with Crippen molar-refractivity contribution in [3.63, 3.8) is 0 Å². The molecule has 1 heteroatoms. The highest BCUT2D eigenvalue weighted by Gasteiger charge is 2.24. The van der Waals surface area contributed by atoms with Crippen LogP contribution < -0.4 is 0 Å². The molecule has 0 nitrogen and oxygen atoms in total. The zero-order valence-electron chi connectivity index (χ0n) is 12.7. The highest BCUT2D eigenvalue weighted by atomic mass is 35.5. The highest BCUT2D eigenvalue weighted by molar-refractivity contribution is 6.30. The van der Waals surface area contributed by atoms with Gasteiger partial charge in [-0.2, -0.15) is 0 Å². The Morgan fingerprint density at radius 3 is 2.45 bits per heavy atom. The Morgan fingerprint density at radius 2 is 1.85 bits per heavy atom. The average Bonchev–Trinajstić information content (AvgIpc) is 2.47. The number of hydrogen-bond acceptors (Lipinski definition) is 0. The summed E-state index contributed by atoms with van der Waals surface area (Å²) in [4.78, 5) is 0. The van der Waals surface area contributed by atoms with E-state index in [9.17, 15) is 0 Å². The lowest BCUT2D eigenvalue weighted by Crippen LogP contribution is -2.20. The Balaban J connectivity index is 1.71. The van der Waals surface area contributed by atoms with Crippen molar-refractivity contribution in [3.05, 3.63) is 47.5 Å². The van der Waals surface area contributed by atoms with Gasteiger partial charge in [-0.05, 0) is 67.6 Å². The third-order valence-electron chi connectivity index (χ3n) is 4.99. The van der Waals surface area contributed by atoms with Crippen LogP contribution in [0.25, 0.3) is 0 Å². The molecule has 1 saturated carbocycles. The van der Waals surface area contributed by atoms with E-state index in [4.69, 9.17) is 11.6 Å². The molecule has 0 aromatic heterocycles. The summed E-state index contributed by atoms with van der Waals surface area (Å²) >= 11 is 5.92. The molecule has 1 fully saturated rings. The van der Waals surface area contributed by atoms with Crippen molar-refractivity contribution < 1.29 is 0 Å². The van der Waals surface area contributed by atoms with E-state index < -0.39 is 0 Å². The third kappa shape index (κ3) is 4.66. The van der Waals surface area contributed by atoms with Crippen LogP contribution in [0, 0.1) is 17.8 Å². The third-order valence-corrected chi connectivity index (χ3v) is 5.24. The topological polar surface area (TPSA) is 0 Å². The van der Waals surface area contributed by atoms with Gasteiger partial charge >= 0.3 is 0 Å². The van der Waals surface area contributed by atoms with E-state index in [-0.39, 0.29) is 0 Å². The molecule has 0 radical (unpaired) electrons. The zero-order chi connectivity index (χ0) is 14.4. The second-order valence-electron chi connectivity index (χ2n) is 6.45. The number of halogens is 1. The number of hydrogen-bond donors (Lipinski definition) is 0. The SMILES string of the molecule is C=CCC(C)C1CCC(CCc2ccc(Cl)cc2)CC1. The summed E-state index contributed by atoms with van der Waals surface area (Å²) in [6, 6.07) is 8.34. The first-order valence-electron chi connectivity index (χ1n) is 8.04. The van der Waals surface area contributed by atoms with E-state index in [1.165, 1.54) is 50.5 Å². The summed E-state index contributed by atoms with van der Waals surface area (Å²) in [5.74, 6) is 2.68. The summed E-state index contributed by atoms with van der Waals surface area (Å²) in [6.07, 6.45) is 11.5. The van der Waals surface area contributed by atoms with E-state index in [2.05, 4.69) is 31.7 Å². The quantitative estimate of drug-likeness (QED) is 0.540. The van der Waals surface area contributed by atoms with Gasteiger partial charge in [0.05, 0.1) is 0 Å². The Morgan fingerprint density at radius 1 is 1.20 bits per heavy atom. The standard InChI is InChI=1S/C19H27Cl/c1-3-4-15(2)18-11-7-16(8-12-18)5-6-17-9-13-19(20)14-10-17/h3,9-10,13-16,18H,1,4-8,11-12H2,2H3. The minimum Gasteiger partial charge on any atom is -0.103 e. The molecule has 20 heavy (non-hydrogen) atoms. The molecule has 0 aliphatic heterocycles. The van der Waals surface area contributed by atoms with Crippen LogP contribution in [0.5, 0.6) is 0 Å². The van der Waals surface area contributed by atoms with Crippen molar-refractivity contribution in [1.29, 1.82) is 0 Å². The summed E-state index contributed by atoms with van der Waals surface area (Å²) in [5, 5.41) is 0.838.